The van der Waals surface area contributed by atoms with Gasteiger partial charge in [0.2, 0.25) is 11.9 Å². The number of nitrogens with one attached hydrogen (secondary N) is 4. The first-order valence-electron chi connectivity index (χ1n) is 27.9. The molecule has 30 heteroatoms. The summed E-state index contributed by atoms with van der Waals surface area (Å²) in [7, 11) is 4.89. The van der Waals surface area contributed by atoms with E-state index in [0.717, 1.165) is 11.4 Å². The van der Waals surface area contributed by atoms with Crippen molar-refractivity contribution < 1.29 is 67.1 Å². The van der Waals surface area contributed by atoms with E-state index in [2.05, 4.69) is 65.9 Å². The monoisotopic (exact) mass is 1230 g/mol. The van der Waals surface area contributed by atoms with E-state index in [4.69, 9.17) is 35.5 Å². The van der Waals surface area contributed by atoms with Crippen LogP contribution < -0.4 is 42.5 Å². The molecule has 4 heterocycles. The summed E-state index contributed by atoms with van der Waals surface area (Å²) in [5.41, 5.74) is 12.5. The molecule has 0 aliphatic heterocycles. The van der Waals surface area contributed by atoms with Gasteiger partial charge in [0.05, 0.1) is 44.0 Å². The second-order valence-electron chi connectivity index (χ2n) is 24.2. The lowest BCUT2D eigenvalue weighted by Crippen LogP contribution is -2.44. The third kappa shape index (κ3) is 22.9. The average Bonchev–Trinajstić information content (AvgIpc) is 1.05. The van der Waals surface area contributed by atoms with Crippen molar-refractivity contribution in [2.45, 2.75) is 156 Å². The summed E-state index contributed by atoms with van der Waals surface area (Å²) in [6, 6.07) is 11.1. The lowest BCUT2D eigenvalue weighted by Gasteiger charge is -2.24. The van der Waals surface area contributed by atoms with Gasteiger partial charge in [-0.15, -0.1) is 0 Å². The molecule has 478 valence electrons. The Balaban J connectivity index is 0.000000324. The van der Waals surface area contributed by atoms with E-state index < -0.39 is 82.4 Å². The number of carboxylic acid groups (broad SMARTS) is 1. The third-order valence-electron chi connectivity index (χ3n) is 11.6. The molecule has 4 aromatic heterocycles. The number of hydrogen-bond donors (Lipinski definition) is 7. The molecule has 30 nitrogen and oxygen atoms in total. The number of esters is 3. The van der Waals surface area contributed by atoms with Crippen LogP contribution in [-0.2, 0) is 56.0 Å². The van der Waals surface area contributed by atoms with Gasteiger partial charge in [0, 0.05) is 49.4 Å². The predicted molar refractivity (Wildman–Crippen MR) is 328 cm³/mol. The molecule has 6 aromatic rings. The largest absolute Gasteiger partial charge is 0.481 e. The summed E-state index contributed by atoms with van der Waals surface area (Å²) < 4.78 is 26.0. The number of nitrogens with zero attached hydrogens (tertiary/aromatic N) is 10. The summed E-state index contributed by atoms with van der Waals surface area (Å²) in [6.07, 6.45) is 1.13. The Labute approximate surface area is 514 Å². The topological polar surface area (TPSA) is 413 Å². The number of carbonyl (C=O) groups is 8. The van der Waals surface area contributed by atoms with E-state index >= 15 is 0 Å². The van der Waals surface area contributed by atoms with Crippen molar-refractivity contribution in [3.63, 3.8) is 0 Å². The number of methoxy groups -OCH3 is 1. The molecule has 0 aliphatic rings. The van der Waals surface area contributed by atoms with Crippen LogP contribution in [0.5, 0.6) is 0 Å². The molecule has 0 saturated carbocycles. The molecule has 0 bridgehead atoms. The van der Waals surface area contributed by atoms with E-state index in [0.29, 0.717) is 30.0 Å². The lowest BCUT2D eigenvalue weighted by molar-refractivity contribution is -0.158. The number of aromatic nitrogens is 8. The second kappa shape index (κ2) is 29.5. The number of hydrogen-bond acceptors (Lipinski definition) is 25. The molecule has 2 atom stereocenters. The number of aliphatic carboxylic acids is 1. The molecule has 0 saturated heterocycles. The van der Waals surface area contributed by atoms with Crippen molar-refractivity contribution >= 4 is 105 Å². The number of anilines is 6. The van der Waals surface area contributed by atoms with Crippen LogP contribution in [0.15, 0.2) is 60.9 Å². The van der Waals surface area contributed by atoms with E-state index in [1.54, 1.807) is 132 Å². The van der Waals surface area contributed by atoms with Gasteiger partial charge in [0.15, 0.2) is 34.0 Å². The molecule has 89 heavy (non-hydrogen) atoms. The first kappa shape index (κ1) is 69.6. The van der Waals surface area contributed by atoms with Gasteiger partial charge in [-0.1, -0.05) is 0 Å². The Morgan fingerprint density at radius 2 is 0.865 bits per heavy atom. The Morgan fingerprint density at radius 1 is 0.517 bits per heavy atom. The minimum absolute atomic E-state index is 0.0214. The molecule has 4 amide bonds. The fourth-order valence-electron chi connectivity index (χ4n) is 7.81. The fraction of sp³-hybridized carbons (Fsp3) is 0.458. The third-order valence-corrected chi connectivity index (χ3v) is 11.6. The van der Waals surface area contributed by atoms with Crippen LogP contribution in [0.1, 0.15) is 141 Å². The Kier molecular flexibility index (Phi) is 23.1. The van der Waals surface area contributed by atoms with Gasteiger partial charge in [-0.3, -0.25) is 29.8 Å². The maximum atomic E-state index is 13.0. The molecular formula is C59H78N16O14. The Morgan fingerprint density at radius 3 is 1.19 bits per heavy atom. The van der Waals surface area contributed by atoms with Crippen molar-refractivity contribution in [1.29, 1.82) is 0 Å². The highest BCUT2D eigenvalue weighted by atomic mass is 16.6. The van der Waals surface area contributed by atoms with E-state index in [1.807, 2.05) is 23.9 Å². The summed E-state index contributed by atoms with van der Waals surface area (Å²) in [5, 5.41) is 19.4. The smallest absolute Gasteiger partial charge is 0.413 e. The molecule has 9 N–H and O–H groups in total. The van der Waals surface area contributed by atoms with Crippen molar-refractivity contribution in [3.05, 3.63) is 83.4 Å². The maximum Gasteiger partial charge on any atom is 0.413 e. The zero-order valence-electron chi connectivity index (χ0n) is 52.6. The van der Waals surface area contributed by atoms with Crippen LogP contribution in [0.25, 0.3) is 22.3 Å². The number of nitrogens with two attached hydrogens (primary N) is 2. The second-order valence-corrected chi connectivity index (χ2v) is 24.2. The van der Waals surface area contributed by atoms with E-state index in [9.17, 15) is 38.4 Å². The number of rotatable bonds is 20. The fourth-order valence-corrected chi connectivity index (χ4v) is 7.81. The quantitative estimate of drug-likeness (QED) is 0.0310. The molecule has 0 aliphatic carbocycles. The first-order chi connectivity index (χ1) is 41.3. The van der Waals surface area contributed by atoms with Crippen LogP contribution in [-0.4, -0.2) is 149 Å². The van der Waals surface area contributed by atoms with Gasteiger partial charge in [0.1, 0.15) is 34.5 Å². The van der Waals surface area contributed by atoms with Gasteiger partial charge in [-0.05, 0) is 144 Å². The number of carbonyl (C=O) groups excluding carboxylic acids is 7. The Bertz CT molecular complexity index is 3540. The average molecular weight is 1240 g/mol. The van der Waals surface area contributed by atoms with Crippen LogP contribution in [0, 0.1) is 0 Å². The van der Waals surface area contributed by atoms with Crippen LogP contribution >= 0.6 is 0 Å². The summed E-state index contributed by atoms with van der Waals surface area (Å²) in [6.45, 7) is 21.2. The van der Waals surface area contributed by atoms with Crippen molar-refractivity contribution in [2.24, 2.45) is 0 Å². The maximum absolute atomic E-state index is 13.0. The SMILES string of the molecule is CN(Cc1cnc2nc(N)nc(NC(=O)OC(C)(C)C)c2n1)c1ccc(C(=O)N[C@@H](CCC(=O)O)C(=O)OC(C)(C)C)cc1.COC(=O)CC[C@H](NC(=O)c1ccc(N(C)Cc2cnc3nc(N)nc(NC(=O)OC(C)(C)C)c3n2)cc1)C(=O)OC(C)(C)C. The standard InChI is InChI=1S/C30H40N8O7.C29H38N8O7/c1-29(2,3)44-26(41)20(13-14-21(39)43-8)34-25(40)17-9-11-19(12-10-17)38(7)16-18-15-32-23-22(33-18)24(36-27(31)35-23)37-28(42)45-30(4,5)6;1-28(2,3)43-25(41)19(12-13-20(38)39)33-24(40)16-8-10-18(11-9-16)37(7)15-17-14-31-22-21(32-17)23(35-26(30)34-22)36-27(42)44-29(4,5)6/h9-12,15,20H,13-14,16H2,1-8H3,(H,34,40)(H3,31,32,35,36,37,42);8-11,14,19H,12-13,15H2,1-7H3,(H,33,40)(H,38,39)(H3,30,31,34,35,36,42)/t20-;19-/m00/s1. The minimum atomic E-state index is -1.12. The zero-order chi connectivity index (χ0) is 66.3. The highest BCUT2D eigenvalue weighted by molar-refractivity contribution is 5.99. The zero-order valence-corrected chi connectivity index (χ0v) is 52.6. The summed E-state index contributed by atoms with van der Waals surface area (Å²) >= 11 is 0. The number of nitrogen functional groups attached to an aromatic ring is 2. The highest BCUT2D eigenvalue weighted by Crippen LogP contribution is 2.25. The van der Waals surface area contributed by atoms with Gasteiger partial charge in [-0.25, -0.2) is 39.1 Å². The van der Waals surface area contributed by atoms with Gasteiger partial charge in [0.25, 0.3) is 11.8 Å². The van der Waals surface area contributed by atoms with Crippen molar-refractivity contribution in [2.75, 3.05) is 53.1 Å². The molecule has 0 fully saturated rings. The lowest BCUT2D eigenvalue weighted by atomic mass is 10.1. The molecule has 0 radical (unpaired) electrons. The number of ether oxygens (including phenoxy) is 5. The Hall–Kier alpha value is -10.2. The minimum Gasteiger partial charge on any atom is -0.481 e. The van der Waals surface area contributed by atoms with Gasteiger partial charge < -0.3 is 60.7 Å². The van der Waals surface area contributed by atoms with Crippen LogP contribution in [0.3, 0.4) is 0 Å². The number of fused-ring (bicyclic) bond motifs is 2. The number of benzene rings is 2. The van der Waals surface area contributed by atoms with Crippen LogP contribution in [0.4, 0.5) is 44.5 Å². The van der Waals surface area contributed by atoms with E-state index in [-0.39, 0.29) is 77.1 Å². The highest BCUT2D eigenvalue weighted by Gasteiger charge is 2.30. The van der Waals surface area contributed by atoms with Gasteiger partial charge in [-0.2, -0.15) is 19.9 Å². The number of amides is 4. The molecule has 6 rings (SSSR count). The molecule has 0 spiro atoms. The summed E-state index contributed by atoms with van der Waals surface area (Å²) in [5.74, 6) is -4.07. The normalized spacial score (nSPS) is 12.2. The molecule has 0 unspecified atom stereocenters. The summed E-state index contributed by atoms with van der Waals surface area (Å²) in [4.78, 5) is 137. The molecular weight excluding hydrogens is 1160 g/mol. The predicted octanol–water partition coefficient (Wildman–Crippen LogP) is 6.67. The first-order valence-corrected chi connectivity index (χ1v) is 27.9. The van der Waals surface area contributed by atoms with Crippen molar-refractivity contribution in [3.8, 4) is 0 Å². The van der Waals surface area contributed by atoms with Crippen molar-refractivity contribution in [1.82, 2.24) is 50.5 Å². The van der Waals surface area contributed by atoms with E-state index in [1.165, 1.54) is 19.5 Å². The van der Waals surface area contributed by atoms with Gasteiger partial charge >= 0.3 is 36.1 Å². The number of carboxylic acids is 1. The van der Waals surface area contributed by atoms with Crippen LogP contribution in [0.2, 0.25) is 0 Å². The molecule has 2 aromatic carbocycles.